The molecule has 1 aromatic rings. The van der Waals surface area contributed by atoms with E-state index in [4.69, 9.17) is 11.6 Å². The van der Waals surface area contributed by atoms with Crippen molar-refractivity contribution < 1.29 is 4.79 Å². The number of pyridine rings is 1. The number of nitrogens with one attached hydrogen (secondary N) is 1. The van der Waals surface area contributed by atoms with Crippen LogP contribution in [0.2, 0.25) is 5.02 Å². The van der Waals surface area contributed by atoms with Crippen LogP contribution in [0.15, 0.2) is 18.5 Å². The second-order valence-electron chi connectivity index (χ2n) is 4.67. The fraction of sp³-hybridized carbons (Fsp3) is 0.538. The Hall–Kier alpha value is -0.610. The number of amides is 1. The third-order valence-electron chi connectivity index (χ3n) is 3.56. The lowest BCUT2D eigenvalue weighted by Gasteiger charge is -2.17. The zero-order valence-electron chi connectivity index (χ0n) is 10.0. The zero-order valence-corrected chi connectivity index (χ0v) is 12.4. The van der Waals surface area contributed by atoms with E-state index >= 15 is 0 Å². The van der Waals surface area contributed by atoms with Gasteiger partial charge in [0.2, 0.25) is 0 Å². The fourth-order valence-corrected chi connectivity index (χ4v) is 3.52. The van der Waals surface area contributed by atoms with Gasteiger partial charge in [-0.3, -0.25) is 9.78 Å². The second-order valence-corrected chi connectivity index (χ2v) is 5.73. The second kappa shape index (κ2) is 6.53. The monoisotopic (exact) mass is 330 g/mol. The number of carbonyl (C=O) groups is 1. The molecule has 1 amide bonds. The van der Waals surface area contributed by atoms with Crippen molar-refractivity contribution >= 4 is 33.4 Å². The average molecular weight is 332 g/mol. The summed E-state index contributed by atoms with van der Waals surface area (Å²) in [6.07, 6.45) is 6.78. The molecule has 0 radical (unpaired) electrons. The first-order valence-corrected chi connectivity index (χ1v) is 7.66. The third-order valence-corrected chi connectivity index (χ3v) is 4.69. The summed E-state index contributed by atoms with van der Waals surface area (Å²) in [7, 11) is 0. The van der Waals surface area contributed by atoms with Crippen molar-refractivity contribution in [2.75, 3.05) is 11.9 Å². The Morgan fingerprint density at radius 2 is 2.28 bits per heavy atom. The van der Waals surface area contributed by atoms with E-state index in [-0.39, 0.29) is 5.91 Å². The van der Waals surface area contributed by atoms with Gasteiger partial charge in [-0.2, -0.15) is 0 Å². The van der Waals surface area contributed by atoms with Gasteiger partial charge >= 0.3 is 0 Å². The summed E-state index contributed by atoms with van der Waals surface area (Å²) in [5.41, 5.74) is 0.500. The number of alkyl halides is 1. The minimum atomic E-state index is -0.109. The molecule has 0 aromatic carbocycles. The predicted molar refractivity (Wildman–Crippen MR) is 76.2 cm³/mol. The topological polar surface area (TPSA) is 42.0 Å². The Labute approximate surface area is 120 Å². The van der Waals surface area contributed by atoms with E-state index in [0.29, 0.717) is 22.4 Å². The van der Waals surface area contributed by atoms with Crippen LogP contribution in [0.5, 0.6) is 0 Å². The highest BCUT2D eigenvalue weighted by Crippen LogP contribution is 2.32. The van der Waals surface area contributed by atoms with Gasteiger partial charge in [-0.25, -0.2) is 0 Å². The van der Waals surface area contributed by atoms with Crippen molar-refractivity contribution in [1.82, 2.24) is 10.3 Å². The Balaban J connectivity index is 1.91. The van der Waals surface area contributed by atoms with E-state index in [9.17, 15) is 4.79 Å². The molecule has 0 aliphatic heterocycles. The largest absolute Gasteiger partial charge is 0.352 e. The number of halogens is 2. The van der Waals surface area contributed by atoms with Gasteiger partial charge in [-0.1, -0.05) is 34.0 Å². The molecule has 0 spiro atoms. The van der Waals surface area contributed by atoms with Gasteiger partial charge in [0.1, 0.15) is 0 Å². The van der Waals surface area contributed by atoms with Crippen LogP contribution in [0.4, 0.5) is 0 Å². The van der Waals surface area contributed by atoms with Crippen LogP contribution in [-0.4, -0.2) is 22.8 Å². The molecule has 98 valence electrons. The fourth-order valence-electron chi connectivity index (χ4n) is 2.46. The highest BCUT2D eigenvalue weighted by Gasteiger charge is 2.26. The Morgan fingerprint density at radius 3 is 3.00 bits per heavy atom. The average Bonchev–Trinajstić information content (AvgIpc) is 2.84. The van der Waals surface area contributed by atoms with Gasteiger partial charge in [0.25, 0.3) is 5.91 Å². The van der Waals surface area contributed by atoms with Crippen LogP contribution in [0.3, 0.4) is 0 Å². The summed E-state index contributed by atoms with van der Waals surface area (Å²) in [6.45, 7) is 0.730. The van der Waals surface area contributed by atoms with Crippen LogP contribution in [0.1, 0.15) is 29.6 Å². The quantitative estimate of drug-likeness (QED) is 0.860. The van der Waals surface area contributed by atoms with E-state index < -0.39 is 0 Å². The van der Waals surface area contributed by atoms with Gasteiger partial charge in [0.15, 0.2) is 0 Å². The van der Waals surface area contributed by atoms with Crippen molar-refractivity contribution in [3.8, 4) is 0 Å². The van der Waals surface area contributed by atoms with E-state index in [0.717, 1.165) is 11.9 Å². The van der Waals surface area contributed by atoms with Gasteiger partial charge < -0.3 is 5.32 Å². The lowest BCUT2D eigenvalue weighted by Crippen LogP contribution is -2.31. The summed E-state index contributed by atoms with van der Waals surface area (Å²) < 4.78 is 0. The number of hydrogen-bond acceptors (Lipinski definition) is 2. The lowest BCUT2D eigenvalue weighted by atomic mass is 9.98. The number of rotatable bonds is 4. The summed E-state index contributed by atoms with van der Waals surface area (Å²) in [5.74, 6) is 1.15. The summed E-state index contributed by atoms with van der Waals surface area (Å²) >= 11 is 9.48. The minimum absolute atomic E-state index is 0.109. The van der Waals surface area contributed by atoms with Crippen molar-refractivity contribution in [2.45, 2.75) is 19.3 Å². The highest BCUT2D eigenvalue weighted by atomic mass is 79.9. The molecule has 2 atom stereocenters. The molecule has 18 heavy (non-hydrogen) atoms. The molecule has 1 aromatic heterocycles. The number of hydrogen-bond donors (Lipinski definition) is 1. The van der Waals surface area contributed by atoms with Crippen LogP contribution in [0.25, 0.3) is 0 Å². The van der Waals surface area contributed by atoms with E-state index in [1.54, 1.807) is 12.3 Å². The lowest BCUT2D eigenvalue weighted by molar-refractivity contribution is 0.0945. The first-order chi connectivity index (χ1) is 8.72. The minimum Gasteiger partial charge on any atom is -0.352 e. The molecular weight excluding hydrogens is 316 g/mol. The molecule has 0 bridgehead atoms. The van der Waals surface area contributed by atoms with Crippen molar-refractivity contribution in [1.29, 1.82) is 0 Å². The molecule has 1 heterocycles. The predicted octanol–water partition coefficient (Wildman–Crippen LogP) is 3.28. The van der Waals surface area contributed by atoms with Crippen LogP contribution >= 0.6 is 27.5 Å². The van der Waals surface area contributed by atoms with Gasteiger partial charge in [-0.15, -0.1) is 0 Å². The first-order valence-electron chi connectivity index (χ1n) is 6.16. The number of nitrogens with zero attached hydrogens (tertiary/aromatic N) is 1. The summed E-state index contributed by atoms with van der Waals surface area (Å²) in [6, 6.07) is 1.65. The Kier molecular flexibility index (Phi) is 5.01. The maximum absolute atomic E-state index is 12.0. The maximum Gasteiger partial charge on any atom is 0.252 e. The molecule has 3 nitrogen and oxygen atoms in total. The molecule has 0 saturated heterocycles. The van der Waals surface area contributed by atoms with E-state index in [1.165, 1.54) is 25.5 Å². The zero-order chi connectivity index (χ0) is 13.0. The van der Waals surface area contributed by atoms with Gasteiger partial charge in [0.05, 0.1) is 10.6 Å². The van der Waals surface area contributed by atoms with E-state index in [2.05, 4.69) is 26.2 Å². The number of aromatic nitrogens is 1. The van der Waals surface area contributed by atoms with Gasteiger partial charge in [-0.05, 0) is 30.7 Å². The van der Waals surface area contributed by atoms with Crippen LogP contribution in [-0.2, 0) is 0 Å². The molecule has 1 N–H and O–H groups in total. The molecule has 1 aliphatic carbocycles. The molecule has 1 aliphatic rings. The molecule has 1 saturated carbocycles. The molecule has 1 fully saturated rings. The van der Waals surface area contributed by atoms with E-state index in [1.807, 2.05) is 0 Å². The van der Waals surface area contributed by atoms with Crippen molar-refractivity contribution in [2.24, 2.45) is 11.8 Å². The van der Waals surface area contributed by atoms with Crippen molar-refractivity contribution in [3.05, 3.63) is 29.0 Å². The molecule has 2 unspecified atom stereocenters. The third kappa shape index (κ3) is 3.23. The van der Waals surface area contributed by atoms with Crippen LogP contribution < -0.4 is 5.32 Å². The van der Waals surface area contributed by atoms with Crippen molar-refractivity contribution in [3.63, 3.8) is 0 Å². The maximum atomic E-state index is 12.0. The SMILES string of the molecule is O=C(NCC1CCCC1CBr)c1ccncc1Cl. The normalized spacial score (nSPS) is 23.0. The molecular formula is C13H16BrClN2O. The Bertz CT molecular complexity index is 427. The smallest absolute Gasteiger partial charge is 0.252 e. The summed E-state index contributed by atoms with van der Waals surface area (Å²) in [4.78, 5) is 15.9. The summed E-state index contributed by atoms with van der Waals surface area (Å²) in [5, 5.41) is 4.39. The van der Waals surface area contributed by atoms with Gasteiger partial charge in [0, 0.05) is 24.3 Å². The standard InChI is InChI=1S/C13H16BrClN2O/c14-6-9-2-1-3-10(9)7-17-13(18)11-4-5-16-8-12(11)15/h4-5,8-10H,1-3,6-7H2,(H,17,18). The highest BCUT2D eigenvalue weighted by molar-refractivity contribution is 9.09. The molecule has 5 heteroatoms. The van der Waals surface area contributed by atoms with Crippen LogP contribution in [0, 0.1) is 11.8 Å². The Morgan fingerprint density at radius 1 is 1.50 bits per heavy atom. The molecule has 2 rings (SSSR count). The first kappa shape index (κ1) is 13.8. The number of carbonyl (C=O) groups excluding carboxylic acids is 1.